The molecule has 1 aliphatic carbocycles. The number of hydrogen-bond acceptors (Lipinski definition) is 20. The highest BCUT2D eigenvalue weighted by Crippen LogP contribution is 2.40. The Morgan fingerprint density at radius 3 is 1.96 bits per heavy atom. The fourth-order valence-electron chi connectivity index (χ4n) is 10.8. The van der Waals surface area contributed by atoms with Crippen molar-refractivity contribution in [3.05, 3.63) is 75.1 Å². The van der Waals surface area contributed by atoms with Crippen LogP contribution in [0.3, 0.4) is 0 Å². The van der Waals surface area contributed by atoms with Crippen molar-refractivity contribution in [3.8, 4) is 11.4 Å². The number of rotatable bonds is 39. The van der Waals surface area contributed by atoms with Crippen LogP contribution in [0.15, 0.2) is 47.3 Å². The van der Waals surface area contributed by atoms with Crippen molar-refractivity contribution in [3.63, 3.8) is 0 Å². The molecule has 1 fully saturated rings. The zero-order valence-corrected chi connectivity index (χ0v) is 51.1. The smallest absolute Gasteiger partial charge is 0.343 e. The Morgan fingerprint density at radius 1 is 0.744 bits per heavy atom. The highest BCUT2D eigenvalue weighted by molar-refractivity contribution is 6.13. The lowest BCUT2D eigenvalue weighted by Gasteiger charge is -2.31. The van der Waals surface area contributed by atoms with Crippen LogP contribution in [-0.2, 0) is 106 Å². The number of ether oxygens (including phenoxy) is 7. The van der Waals surface area contributed by atoms with Gasteiger partial charge >= 0.3 is 5.97 Å². The SMILES string of the molecule is CC[C@@]1(O)C(=O)OCc2c1cc1n(c2=O)Cc2c-1nc1ccccc1c2CCN(C(=O)CNC(=O)[C@H](CC(N)=O)NC(=O)[C@H](C)NC(=O)[C@H](C)NC(=O)CCOCCOCCOCCOCCOCCOCCNC(=O)CCN1C(=O)C=CC1=O)C1CCCC1. The molecule has 5 heterocycles. The summed E-state index contributed by atoms with van der Waals surface area (Å²) in [5, 5.41) is 24.9. The van der Waals surface area contributed by atoms with Crippen LogP contribution in [0, 0.1) is 0 Å². The van der Waals surface area contributed by atoms with Gasteiger partial charge in [0, 0.05) is 67.2 Å². The van der Waals surface area contributed by atoms with E-state index in [-0.39, 0.29) is 102 Å². The zero-order chi connectivity index (χ0) is 64.7. The number of primary amides is 1. The van der Waals surface area contributed by atoms with Crippen LogP contribution in [0.5, 0.6) is 0 Å². The quantitative estimate of drug-likeness (QED) is 0.0157. The summed E-state index contributed by atoms with van der Waals surface area (Å²) in [6, 6.07) is 5.17. The number of aromatic nitrogens is 2. The predicted octanol–water partition coefficient (Wildman–Crippen LogP) is -1.20. The summed E-state index contributed by atoms with van der Waals surface area (Å²) in [5.74, 6) is -6.21. The number of hydrogen-bond donors (Lipinski definition) is 7. The fraction of sp³-hybridized carbons (Fsp3) is 0.574. The molecule has 4 atom stereocenters. The summed E-state index contributed by atoms with van der Waals surface area (Å²) in [6.45, 7) is 7.80. The van der Waals surface area contributed by atoms with Gasteiger partial charge in [0.05, 0.1) is 121 Å². The highest BCUT2D eigenvalue weighted by Gasteiger charge is 2.46. The van der Waals surface area contributed by atoms with Gasteiger partial charge in [-0.1, -0.05) is 38.0 Å². The van der Waals surface area contributed by atoms with Crippen LogP contribution in [0.4, 0.5) is 0 Å². The minimum Gasteiger partial charge on any atom is -0.458 e. The van der Waals surface area contributed by atoms with E-state index in [0.717, 1.165) is 47.1 Å². The molecule has 0 radical (unpaired) electrons. The van der Waals surface area contributed by atoms with E-state index >= 15 is 0 Å². The molecule has 3 aromatic rings. The van der Waals surface area contributed by atoms with Gasteiger partial charge in [0.2, 0.25) is 41.4 Å². The number of cyclic esters (lactones) is 1. The third-order valence-electron chi connectivity index (χ3n) is 15.7. The Bertz CT molecular complexity index is 3170. The Kier molecular flexibility index (Phi) is 26.4. The molecule has 7 rings (SSSR count). The highest BCUT2D eigenvalue weighted by atomic mass is 16.6. The number of imide groups is 1. The minimum atomic E-state index is -2.00. The number of aliphatic hydroxyl groups is 1. The molecule has 0 spiro atoms. The Hall–Kier alpha value is -8.06. The summed E-state index contributed by atoms with van der Waals surface area (Å²) in [7, 11) is 0. The summed E-state index contributed by atoms with van der Waals surface area (Å²) in [5.41, 5.74) is 6.71. The van der Waals surface area contributed by atoms with Gasteiger partial charge in [-0.3, -0.25) is 52.8 Å². The number of benzene rings is 1. The van der Waals surface area contributed by atoms with Crippen molar-refractivity contribution >= 4 is 70.0 Å². The average molecular weight is 1260 g/mol. The number of carbonyl (C=O) groups is 10. The summed E-state index contributed by atoms with van der Waals surface area (Å²) in [6.07, 6.45) is 5.23. The maximum atomic E-state index is 14.2. The fourth-order valence-corrected chi connectivity index (χ4v) is 10.8. The van der Waals surface area contributed by atoms with Gasteiger partial charge in [0.25, 0.3) is 17.4 Å². The van der Waals surface area contributed by atoms with Crippen LogP contribution >= 0.6 is 0 Å². The van der Waals surface area contributed by atoms with Crippen LogP contribution in [0.25, 0.3) is 22.3 Å². The van der Waals surface area contributed by atoms with E-state index in [1.807, 2.05) is 24.3 Å². The molecule has 90 heavy (non-hydrogen) atoms. The number of esters is 1. The van der Waals surface area contributed by atoms with E-state index in [9.17, 15) is 57.8 Å². The number of pyridine rings is 2. The van der Waals surface area contributed by atoms with Gasteiger partial charge in [-0.2, -0.15) is 0 Å². The molecular formula is C61H82N10O19. The van der Waals surface area contributed by atoms with E-state index < -0.39 is 95.5 Å². The molecule has 8 N–H and O–H groups in total. The normalized spacial score (nSPS) is 16.8. The first-order chi connectivity index (χ1) is 43.3. The number of amides is 9. The van der Waals surface area contributed by atoms with Gasteiger partial charge in [-0.05, 0) is 57.2 Å². The molecule has 2 aromatic heterocycles. The van der Waals surface area contributed by atoms with E-state index in [4.69, 9.17) is 43.9 Å². The van der Waals surface area contributed by atoms with Gasteiger partial charge < -0.3 is 80.0 Å². The predicted molar refractivity (Wildman–Crippen MR) is 319 cm³/mol. The molecule has 1 saturated carbocycles. The molecule has 3 aliphatic heterocycles. The third-order valence-corrected chi connectivity index (χ3v) is 15.7. The molecule has 29 heteroatoms. The van der Waals surface area contributed by atoms with Crippen molar-refractivity contribution in [2.75, 3.05) is 105 Å². The van der Waals surface area contributed by atoms with Crippen molar-refractivity contribution < 1.29 is 86.2 Å². The minimum absolute atomic E-state index is 0.00683. The first-order valence-electron chi connectivity index (χ1n) is 30.4. The van der Waals surface area contributed by atoms with E-state index in [0.29, 0.717) is 76.2 Å². The zero-order valence-electron chi connectivity index (χ0n) is 51.1. The molecule has 0 bridgehead atoms. The van der Waals surface area contributed by atoms with Crippen LogP contribution in [-0.4, -0.2) is 213 Å². The van der Waals surface area contributed by atoms with Crippen LogP contribution in [0.1, 0.15) is 94.4 Å². The Labute approximate surface area is 519 Å². The topological polar surface area (TPSA) is 383 Å². The monoisotopic (exact) mass is 1260 g/mol. The van der Waals surface area contributed by atoms with Crippen molar-refractivity contribution in [2.24, 2.45) is 5.73 Å². The lowest BCUT2D eigenvalue weighted by molar-refractivity contribution is -0.172. The van der Waals surface area contributed by atoms with Crippen molar-refractivity contribution in [1.29, 1.82) is 0 Å². The lowest BCUT2D eigenvalue weighted by atomic mass is 9.86. The summed E-state index contributed by atoms with van der Waals surface area (Å²) < 4.78 is 39.6. The van der Waals surface area contributed by atoms with E-state index in [1.165, 1.54) is 26.0 Å². The Morgan fingerprint density at radius 2 is 1.33 bits per heavy atom. The number of carbonyl (C=O) groups excluding carboxylic acids is 10. The van der Waals surface area contributed by atoms with Gasteiger partial charge in [-0.25, -0.2) is 9.78 Å². The second-order valence-corrected chi connectivity index (χ2v) is 22.0. The molecule has 0 saturated heterocycles. The third kappa shape index (κ3) is 19.0. The van der Waals surface area contributed by atoms with Gasteiger partial charge in [-0.15, -0.1) is 0 Å². The number of nitrogens with one attached hydrogen (secondary N) is 5. The first-order valence-corrected chi connectivity index (χ1v) is 30.4. The molecule has 4 aliphatic rings. The van der Waals surface area contributed by atoms with Gasteiger partial charge in [0.1, 0.15) is 24.7 Å². The lowest BCUT2D eigenvalue weighted by Crippen LogP contribution is -2.56. The largest absolute Gasteiger partial charge is 0.458 e. The molecule has 9 amide bonds. The molecule has 490 valence electrons. The average Bonchev–Trinajstić information content (AvgIpc) is 1.54. The molecule has 29 nitrogen and oxygen atoms in total. The van der Waals surface area contributed by atoms with Gasteiger partial charge in [0.15, 0.2) is 5.60 Å². The first kappa shape index (κ1) is 69.4. The van der Waals surface area contributed by atoms with Crippen molar-refractivity contribution in [1.82, 2.24) is 45.9 Å². The molecule has 0 unspecified atom stereocenters. The number of nitrogens with two attached hydrogens (primary N) is 1. The number of para-hydroxylation sites is 1. The van der Waals surface area contributed by atoms with Crippen molar-refractivity contribution in [2.45, 2.75) is 121 Å². The van der Waals surface area contributed by atoms with Crippen LogP contribution in [0.2, 0.25) is 0 Å². The standard InChI is InChI=1S/C61H82N10O19/c1-4-61(83)45-33-48-55-43(36-71(48)59(81)44(45)37-90-60(61)82)41(42-11-7-8-12-46(42)67-55)15-19-69(40-9-5-6-10-40)54(77)35-64-58(80)47(34-49(62)72)68-57(79)39(3)66-56(78)38(2)65-51(74)17-21-84-23-25-86-27-29-88-31-32-89-30-28-87-26-24-85-22-18-63-50(73)16-20-70-52(75)13-14-53(70)76/h7-8,11-14,33,38-40,47,83H,4-6,9-10,15-32,34-37H2,1-3H3,(H2,62,72)(H,63,73)(H,64,80)(H,65,74)(H,66,78)(H,68,79)/t38-,39-,47-,61-/m0/s1. The van der Waals surface area contributed by atoms with Crippen LogP contribution < -0.4 is 37.9 Å². The maximum absolute atomic E-state index is 14.2. The molecule has 1 aromatic carbocycles. The summed E-state index contributed by atoms with van der Waals surface area (Å²) in [4.78, 5) is 149. The second-order valence-electron chi connectivity index (χ2n) is 22.0. The summed E-state index contributed by atoms with van der Waals surface area (Å²) >= 11 is 0. The number of nitrogens with zero attached hydrogens (tertiary/aromatic N) is 4. The number of fused-ring (bicyclic) bond motifs is 5. The molecular weight excluding hydrogens is 1180 g/mol. The maximum Gasteiger partial charge on any atom is 0.343 e. The van der Waals surface area contributed by atoms with E-state index in [1.54, 1.807) is 22.5 Å². The van der Waals surface area contributed by atoms with E-state index in [2.05, 4.69) is 26.6 Å². The second kappa shape index (κ2) is 34.2. The Balaban J connectivity index is 0.747.